The molecule has 4 atom stereocenters. The third kappa shape index (κ3) is 1.86. The molecule has 0 amide bonds. The van der Waals surface area contributed by atoms with Crippen molar-refractivity contribution in [1.82, 2.24) is 0 Å². The lowest BCUT2D eigenvalue weighted by atomic mass is 9.67. The van der Waals surface area contributed by atoms with Crippen molar-refractivity contribution in [3.63, 3.8) is 0 Å². The first kappa shape index (κ1) is 11.9. The highest BCUT2D eigenvalue weighted by Gasteiger charge is 2.40. The van der Waals surface area contributed by atoms with Crippen LogP contribution in [0.1, 0.15) is 40.5 Å². The largest absolute Gasteiger partial charge is 0.389 e. The summed E-state index contributed by atoms with van der Waals surface area (Å²) < 4.78 is 0. The summed E-state index contributed by atoms with van der Waals surface area (Å²) in [5.41, 5.74) is 1.86. The van der Waals surface area contributed by atoms with Crippen LogP contribution in [0.4, 0.5) is 0 Å². The Hall–Kier alpha value is -0.560. The van der Waals surface area contributed by atoms with Gasteiger partial charge in [-0.25, -0.2) is 0 Å². The molecule has 0 heterocycles. The van der Waals surface area contributed by atoms with Gasteiger partial charge in [-0.2, -0.15) is 0 Å². The Bertz CT molecular complexity index is 324. The second-order valence-corrected chi connectivity index (χ2v) is 6.20. The molecule has 0 saturated carbocycles. The lowest BCUT2D eigenvalue weighted by Gasteiger charge is -2.38. The molecule has 1 heteroatoms. The van der Waals surface area contributed by atoms with E-state index in [9.17, 15) is 5.11 Å². The lowest BCUT2D eigenvalue weighted by Crippen LogP contribution is -2.32. The summed E-state index contributed by atoms with van der Waals surface area (Å²) >= 11 is 0. The Kier molecular flexibility index (Phi) is 3.00. The van der Waals surface area contributed by atoms with E-state index in [1.807, 2.05) is 6.08 Å². The number of rotatable bonds is 1. The van der Waals surface area contributed by atoms with Crippen molar-refractivity contribution < 1.29 is 5.11 Å². The molecule has 2 aliphatic rings. The van der Waals surface area contributed by atoms with Crippen LogP contribution < -0.4 is 0 Å². The van der Waals surface area contributed by atoms with Crippen LogP contribution in [0.5, 0.6) is 0 Å². The van der Waals surface area contributed by atoms with Gasteiger partial charge in [-0.3, -0.25) is 0 Å². The molecule has 0 aromatic heterocycles. The molecule has 2 rings (SSSR count). The summed E-state index contributed by atoms with van der Waals surface area (Å²) in [6.07, 6.45) is 8.76. The maximum absolute atomic E-state index is 9.72. The minimum atomic E-state index is -0.227. The molecule has 0 radical (unpaired) electrons. The van der Waals surface area contributed by atoms with Gasteiger partial charge >= 0.3 is 0 Å². The highest BCUT2D eigenvalue weighted by molar-refractivity contribution is 5.21. The van der Waals surface area contributed by atoms with E-state index in [2.05, 4.69) is 39.8 Å². The van der Waals surface area contributed by atoms with Gasteiger partial charge in [0.25, 0.3) is 0 Å². The predicted molar refractivity (Wildman–Crippen MR) is 68.1 cm³/mol. The van der Waals surface area contributed by atoms with E-state index in [1.165, 1.54) is 12.0 Å². The summed E-state index contributed by atoms with van der Waals surface area (Å²) in [4.78, 5) is 0. The van der Waals surface area contributed by atoms with E-state index in [-0.39, 0.29) is 6.10 Å². The summed E-state index contributed by atoms with van der Waals surface area (Å²) in [6, 6.07) is 0. The van der Waals surface area contributed by atoms with Gasteiger partial charge in [-0.05, 0) is 42.9 Å². The maximum Gasteiger partial charge on any atom is 0.0746 e. The normalized spacial score (nSPS) is 42.2. The zero-order valence-corrected chi connectivity index (χ0v) is 10.9. The van der Waals surface area contributed by atoms with E-state index in [0.717, 1.165) is 12.3 Å². The Morgan fingerprint density at radius 2 is 2.00 bits per heavy atom. The van der Waals surface area contributed by atoms with Crippen molar-refractivity contribution in [3.05, 3.63) is 23.8 Å². The van der Waals surface area contributed by atoms with Crippen molar-refractivity contribution in [3.8, 4) is 0 Å². The summed E-state index contributed by atoms with van der Waals surface area (Å²) in [6.45, 7) is 9.13. The van der Waals surface area contributed by atoms with E-state index in [4.69, 9.17) is 0 Å². The number of hydrogen-bond donors (Lipinski definition) is 1. The quantitative estimate of drug-likeness (QED) is 0.670. The van der Waals surface area contributed by atoms with E-state index in [0.29, 0.717) is 17.3 Å². The van der Waals surface area contributed by atoms with Crippen molar-refractivity contribution in [2.24, 2.45) is 23.2 Å². The highest BCUT2D eigenvalue weighted by Crippen LogP contribution is 2.49. The first-order valence-electron chi connectivity index (χ1n) is 6.46. The maximum atomic E-state index is 9.72. The third-order valence-electron chi connectivity index (χ3n) is 4.92. The second-order valence-electron chi connectivity index (χ2n) is 6.20. The standard InChI is InChI=1S/C15H24O/c1-10-9-12(6-8-14(10)16)13-7-5-11(2)15(13,3)4/h5-6,8,10,12-14,16H,7,9H2,1-4H3/t10-,12-,13?,14+/m1/s1. The molecular weight excluding hydrogens is 196 g/mol. The van der Waals surface area contributed by atoms with Gasteiger partial charge in [0.1, 0.15) is 0 Å². The molecule has 1 nitrogen and oxygen atoms in total. The van der Waals surface area contributed by atoms with Gasteiger partial charge in [-0.15, -0.1) is 0 Å². The molecule has 90 valence electrons. The molecule has 0 aromatic rings. The fourth-order valence-corrected chi connectivity index (χ4v) is 3.26. The van der Waals surface area contributed by atoms with Crippen molar-refractivity contribution in [2.45, 2.75) is 46.6 Å². The van der Waals surface area contributed by atoms with Crippen LogP contribution in [0.25, 0.3) is 0 Å². The molecule has 2 aliphatic carbocycles. The average molecular weight is 220 g/mol. The van der Waals surface area contributed by atoms with Gasteiger partial charge in [0.2, 0.25) is 0 Å². The van der Waals surface area contributed by atoms with E-state index >= 15 is 0 Å². The van der Waals surface area contributed by atoms with Gasteiger partial charge in [0.05, 0.1) is 6.10 Å². The second kappa shape index (κ2) is 4.03. The Morgan fingerprint density at radius 3 is 2.50 bits per heavy atom. The fourth-order valence-electron chi connectivity index (χ4n) is 3.26. The summed E-state index contributed by atoms with van der Waals surface area (Å²) in [7, 11) is 0. The van der Waals surface area contributed by atoms with Crippen LogP contribution in [0.3, 0.4) is 0 Å². The molecule has 0 aromatic carbocycles. The summed E-state index contributed by atoms with van der Waals surface area (Å²) in [5.74, 6) is 1.77. The molecular formula is C15H24O. The summed E-state index contributed by atoms with van der Waals surface area (Å²) in [5, 5.41) is 9.72. The van der Waals surface area contributed by atoms with Crippen LogP contribution in [0, 0.1) is 23.2 Å². The van der Waals surface area contributed by atoms with Crippen LogP contribution >= 0.6 is 0 Å². The average Bonchev–Trinajstić information content (AvgIpc) is 2.47. The van der Waals surface area contributed by atoms with E-state index < -0.39 is 0 Å². The number of hydrogen-bond acceptors (Lipinski definition) is 1. The number of allylic oxidation sites excluding steroid dienone is 3. The van der Waals surface area contributed by atoms with Gasteiger partial charge in [-0.1, -0.05) is 44.6 Å². The molecule has 1 unspecified atom stereocenters. The zero-order chi connectivity index (χ0) is 11.9. The van der Waals surface area contributed by atoms with Crippen molar-refractivity contribution >= 4 is 0 Å². The molecule has 16 heavy (non-hydrogen) atoms. The minimum Gasteiger partial charge on any atom is -0.389 e. The first-order valence-corrected chi connectivity index (χ1v) is 6.46. The fraction of sp³-hybridized carbons (Fsp3) is 0.733. The molecule has 0 spiro atoms. The zero-order valence-electron chi connectivity index (χ0n) is 10.9. The number of aliphatic hydroxyl groups is 1. The molecule has 0 saturated heterocycles. The van der Waals surface area contributed by atoms with Gasteiger partial charge in [0, 0.05) is 0 Å². The topological polar surface area (TPSA) is 20.2 Å². The van der Waals surface area contributed by atoms with E-state index in [1.54, 1.807) is 0 Å². The third-order valence-corrected chi connectivity index (χ3v) is 4.92. The Labute approximate surface area is 99.3 Å². The molecule has 0 aliphatic heterocycles. The Morgan fingerprint density at radius 1 is 1.31 bits per heavy atom. The number of aliphatic hydroxyl groups excluding tert-OH is 1. The van der Waals surface area contributed by atoms with Crippen molar-refractivity contribution in [2.75, 3.05) is 0 Å². The molecule has 0 bridgehead atoms. The Balaban J connectivity index is 2.14. The SMILES string of the molecule is CC1=CCC([C@@H]2C=C[C@H](O)[C@H](C)C2)C1(C)C. The van der Waals surface area contributed by atoms with Crippen LogP contribution in [-0.4, -0.2) is 11.2 Å². The minimum absolute atomic E-state index is 0.227. The molecule has 1 N–H and O–H groups in total. The monoisotopic (exact) mass is 220 g/mol. The molecule has 0 fully saturated rings. The first-order chi connectivity index (χ1) is 7.43. The van der Waals surface area contributed by atoms with Crippen LogP contribution in [0.15, 0.2) is 23.8 Å². The van der Waals surface area contributed by atoms with Crippen LogP contribution in [0.2, 0.25) is 0 Å². The van der Waals surface area contributed by atoms with Crippen LogP contribution in [-0.2, 0) is 0 Å². The van der Waals surface area contributed by atoms with Gasteiger partial charge in [0.15, 0.2) is 0 Å². The van der Waals surface area contributed by atoms with Crippen molar-refractivity contribution in [1.29, 1.82) is 0 Å². The van der Waals surface area contributed by atoms with Gasteiger partial charge < -0.3 is 5.11 Å². The highest BCUT2D eigenvalue weighted by atomic mass is 16.3. The smallest absolute Gasteiger partial charge is 0.0746 e. The lowest BCUT2D eigenvalue weighted by molar-refractivity contribution is 0.112. The predicted octanol–water partition coefficient (Wildman–Crippen LogP) is 3.55.